The van der Waals surface area contributed by atoms with Crippen LogP contribution in [0.3, 0.4) is 0 Å². The van der Waals surface area contributed by atoms with E-state index >= 15 is 0 Å². The molecule has 2 rings (SSSR count). The largest absolute Gasteiger partial charge is 0.355 e. The van der Waals surface area contributed by atoms with Crippen molar-refractivity contribution in [2.24, 2.45) is 5.84 Å². The van der Waals surface area contributed by atoms with Gasteiger partial charge in [0.15, 0.2) is 0 Å². The standard InChI is InChI=1S/C13H24N6/c1-9(2)11-12(17-14)15-8-16-13(11)19-6-5-10(7-19)18(3)4/h8-10H,5-7,14H2,1-4H3,(H,15,16,17). The SMILES string of the molecule is CC(C)c1c(NN)ncnc1N1CCC(N(C)C)C1. The van der Waals surface area contributed by atoms with Crippen molar-refractivity contribution in [3.8, 4) is 0 Å². The van der Waals surface area contributed by atoms with Crippen molar-refractivity contribution in [3.05, 3.63) is 11.9 Å². The average Bonchev–Trinajstić information content (AvgIpc) is 2.87. The molecule has 0 spiro atoms. The lowest BCUT2D eigenvalue weighted by molar-refractivity contribution is 0.315. The molecule has 0 radical (unpaired) electrons. The number of nitrogens with one attached hydrogen (secondary N) is 1. The quantitative estimate of drug-likeness (QED) is 0.625. The topological polar surface area (TPSA) is 70.3 Å². The number of likely N-dealkylation sites (N-methyl/N-ethyl adjacent to an activating group) is 1. The molecule has 1 aliphatic rings. The van der Waals surface area contributed by atoms with Crippen LogP contribution in [0.25, 0.3) is 0 Å². The molecule has 0 aromatic carbocycles. The third kappa shape index (κ3) is 2.79. The molecular weight excluding hydrogens is 240 g/mol. The van der Waals surface area contributed by atoms with Crippen molar-refractivity contribution in [2.45, 2.75) is 32.2 Å². The molecular formula is C13H24N6. The van der Waals surface area contributed by atoms with Crippen LogP contribution < -0.4 is 16.2 Å². The summed E-state index contributed by atoms with van der Waals surface area (Å²) < 4.78 is 0. The smallest absolute Gasteiger partial charge is 0.148 e. The number of anilines is 2. The van der Waals surface area contributed by atoms with Gasteiger partial charge in [0, 0.05) is 24.7 Å². The molecule has 3 N–H and O–H groups in total. The van der Waals surface area contributed by atoms with Gasteiger partial charge in [0.1, 0.15) is 18.0 Å². The van der Waals surface area contributed by atoms with Crippen LogP contribution in [-0.4, -0.2) is 48.1 Å². The number of nitrogen functional groups attached to an aromatic ring is 1. The van der Waals surface area contributed by atoms with Gasteiger partial charge < -0.3 is 15.2 Å². The fourth-order valence-corrected chi connectivity index (χ4v) is 2.64. The van der Waals surface area contributed by atoms with Crippen molar-refractivity contribution >= 4 is 11.6 Å². The second kappa shape index (κ2) is 5.71. The van der Waals surface area contributed by atoms with Gasteiger partial charge in [-0.05, 0) is 26.4 Å². The van der Waals surface area contributed by atoms with E-state index in [1.807, 2.05) is 0 Å². The van der Waals surface area contributed by atoms with Crippen molar-refractivity contribution in [1.29, 1.82) is 0 Å². The Morgan fingerprint density at radius 2 is 2.16 bits per heavy atom. The normalized spacial score (nSPS) is 19.5. The van der Waals surface area contributed by atoms with Crippen molar-refractivity contribution in [1.82, 2.24) is 14.9 Å². The Morgan fingerprint density at radius 3 is 2.68 bits per heavy atom. The molecule has 19 heavy (non-hydrogen) atoms. The van der Waals surface area contributed by atoms with Crippen LogP contribution in [0.15, 0.2) is 6.33 Å². The second-order valence-electron chi connectivity index (χ2n) is 5.61. The number of rotatable bonds is 4. The monoisotopic (exact) mass is 264 g/mol. The first-order valence-corrected chi connectivity index (χ1v) is 6.77. The summed E-state index contributed by atoms with van der Waals surface area (Å²) in [6, 6.07) is 0.587. The van der Waals surface area contributed by atoms with E-state index in [4.69, 9.17) is 5.84 Å². The molecule has 6 nitrogen and oxygen atoms in total. The first-order chi connectivity index (χ1) is 9.04. The molecule has 0 bridgehead atoms. The van der Waals surface area contributed by atoms with Gasteiger partial charge >= 0.3 is 0 Å². The number of hydrogen-bond acceptors (Lipinski definition) is 6. The minimum atomic E-state index is 0.334. The molecule has 1 atom stereocenters. The Labute approximate surface area is 115 Å². The summed E-state index contributed by atoms with van der Waals surface area (Å²) in [4.78, 5) is 13.3. The molecule has 1 aromatic rings. The Balaban J connectivity index is 2.30. The Bertz CT molecular complexity index is 431. The first kappa shape index (κ1) is 14.0. The predicted molar refractivity (Wildman–Crippen MR) is 78.2 cm³/mol. The van der Waals surface area contributed by atoms with Crippen molar-refractivity contribution < 1.29 is 0 Å². The molecule has 1 saturated heterocycles. The second-order valence-corrected chi connectivity index (χ2v) is 5.61. The summed E-state index contributed by atoms with van der Waals surface area (Å²) in [7, 11) is 4.26. The Hall–Kier alpha value is -1.40. The predicted octanol–water partition coefficient (Wildman–Crippen LogP) is 1.03. The molecule has 2 heterocycles. The van der Waals surface area contributed by atoms with Gasteiger partial charge in [0.25, 0.3) is 0 Å². The molecule has 0 saturated carbocycles. The van der Waals surface area contributed by atoms with Gasteiger partial charge in [-0.25, -0.2) is 15.8 Å². The minimum absolute atomic E-state index is 0.334. The zero-order valence-corrected chi connectivity index (χ0v) is 12.2. The first-order valence-electron chi connectivity index (χ1n) is 6.77. The average molecular weight is 264 g/mol. The maximum absolute atomic E-state index is 5.56. The van der Waals surface area contributed by atoms with Gasteiger partial charge in [-0.2, -0.15) is 0 Å². The van der Waals surface area contributed by atoms with Crippen LogP contribution in [0.4, 0.5) is 11.6 Å². The lowest BCUT2D eigenvalue weighted by Crippen LogP contribution is -2.32. The molecule has 106 valence electrons. The van der Waals surface area contributed by atoms with Crippen LogP contribution in [-0.2, 0) is 0 Å². The summed E-state index contributed by atoms with van der Waals surface area (Å²) in [5, 5.41) is 0. The van der Waals surface area contributed by atoms with Crippen LogP contribution >= 0.6 is 0 Å². The summed E-state index contributed by atoms with van der Waals surface area (Å²) in [6.07, 6.45) is 2.75. The fourth-order valence-electron chi connectivity index (χ4n) is 2.64. The number of nitrogens with two attached hydrogens (primary N) is 1. The summed E-state index contributed by atoms with van der Waals surface area (Å²) in [5.41, 5.74) is 3.79. The van der Waals surface area contributed by atoms with Crippen LogP contribution in [0, 0.1) is 0 Å². The molecule has 0 aliphatic carbocycles. The molecule has 1 aromatic heterocycles. The maximum atomic E-state index is 5.56. The van der Waals surface area contributed by atoms with E-state index in [1.165, 1.54) is 6.42 Å². The van der Waals surface area contributed by atoms with Crippen LogP contribution in [0.5, 0.6) is 0 Å². The van der Waals surface area contributed by atoms with Gasteiger partial charge in [0.05, 0.1) is 0 Å². The highest BCUT2D eigenvalue weighted by molar-refractivity contribution is 5.60. The third-order valence-corrected chi connectivity index (χ3v) is 3.77. The van der Waals surface area contributed by atoms with Gasteiger partial charge in [-0.3, -0.25) is 0 Å². The fraction of sp³-hybridized carbons (Fsp3) is 0.692. The molecule has 6 heteroatoms. The van der Waals surface area contributed by atoms with Gasteiger partial charge in [-0.15, -0.1) is 0 Å². The molecule has 1 aliphatic heterocycles. The van der Waals surface area contributed by atoms with E-state index in [9.17, 15) is 0 Å². The zero-order valence-electron chi connectivity index (χ0n) is 12.2. The Morgan fingerprint density at radius 1 is 1.42 bits per heavy atom. The van der Waals surface area contributed by atoms with E-state index in [1.54, 1.807) is 6.33 Å². The highest BCUT2D eigenvalue weighted by atomic mass is 15.3. The zero-order chi connectivity index (χ0) is 14.0. The minimum Gasteiger partial charge on any atom is -0.355 e. The number of aromatic nitrogens is 2. The third-order valence-electron chi connectivity index (χ3n) is 3.77. The van der Waals surface area contributed by atoms with E-state index < -0.39 is 0 Å². The highest BCUT2D eigenvalue weighted by Gasteiger charge is 2.28. The summed E-state index contributed by atoms with van der Waals surface area (Å²) >= 11 is 0. The van der Waals surface area contributed by atoms with Crippen molar-refractivity contribution in [3.63, 3.8) is 0 Å². The van der Waals surface area contributed by atoms with Crippen LogP contribution in [0.1, 0.15) is 31.7 Å². The lowest BCUT2D eigenvalue weighted by Gasteiger charge is -2.24. The molecule has 1 fully saturated rings. The van der Waals surface area contributed by atoms with E-state index in [0.29, 0.717) is 12.0 Å². The molecule has 1 unspecified atom stereocenters. The van der Waals surface area contributed by atoms with E-state index in [-0.39, 0.29) is 0 Å². The van der Waals surface area contributed by atoms with E-state index in [2.05, 4.69) is 53.1 Å². The molecule has 0 amide bonds. The van der Waals surface area contributed by atoms with Crippen molar-refractivity contribution in [2.75, 3.05) is 37.5 Å². The highest BCUT2D eigenvalue weighted by Crippen LogP contribution is 2.32. The maximum Gasteiger partial charge on any atom is 0.148 e. The summed E-state index contributed by atoms with van der Waals surface area (Å²) in [5.74, 6) is 7.64. The van der Waals surface area contributed by atoms with E-state index in [0.717, 1.165) is 30.3 Å². The number of hydrazine groups is 1. The summed E-state index contributed by atoms with van der Waals surface area (Å²) in [6.45, 7) is 6.32. The lowest BCUT2D eigenvalue weighted by atomic mass is 10.0. The number of hydrogen-bond donors (Lipinski definition) is 2. The number of nitrogens with zero attached hydrogens (tertiary/aromatic N) is 4. The van der Waals surface area contributed by atoms with Gasteiger partial charge in [0.2, 0.25) is 0 Å². The Kier molecular flexibility index (Phi) is 4.21. The van der Waals surface area contributed by atoms with Crippen LogP contribution in [0.2, 0.25) is 0 Å². The van der Waals surface area contributed by atoms with Gasteiger partial charge in [-0.1, -0.05) is 13.8 Å².